The van der Waals surface area contributed by atoms with Crippen molar-refractivity contribution in [3.05, 3.63) is 59.4 Å². The SMILES string of the molecule is O=C(NCC(O)O)c1ccc2nc(N3C4CCC3CC(OCc3c(-c5ccccc5OC(F)(F)F)noc3C3CC3)C4)sc2c1. The molecule has 45 heavy (non-hydrogen) atoms. The highest BCUT2D eigenvalue weighted by molar-refractivity contribution is 7.22. The molecule has 4 heterocycles. The number of hydrogen-bond donors (Lipinski definition) is 3. The number of para-hydroxylation sites is 1. The van der Waals surface area contributed by atoms with Crippen LogP contribution >= 0.6 is 11.3 Å². The summed E-state index contributed by atoms with van der Waals surface area (Å²) in [5.41, 5.74) is 2.40. The Morgan fingerprint density at radius 2 is 1.87 bits per heavy atom. The second-order valence-corrected chi connectivity index (χ2v) is 12.8. The summed E-state index contributed by atoms with van der Waals surface area (Å²) in [6.07, 6.45) is -1.11. The van der Waals surface area contributed by atoms with Gasteiger partial charge in [0.25, 0.3) is 5.91 Å². The third-order valence-electron chi connectivity index (χ3n) is 8.59. The number of alkyl halides is 3. The first-order valence-electron chi connectivity index (χ1n) is 14.9. The van der Waals surface area contributed by atoms with Crippen molar-refractivity contribution >= 4 is 32.6 Å². The molecule has 238 valence electrons. The van der Waals surface area contributed by atoms with E-state index in [4.69, 9.17) is 24.5 Å². The Kier molecular flexibility index (Phi) is 7.92. The first-order valence-corrected chi connectivity index (χ1v) is 15.7. The molecule has 2 unspecified atom stereocenters. The molecule has 14 heteroatoms. The van der Waals surface area contributed by atoms with Crippen LogP contribution in [0.15, 0.2) is 47.0 Å². The maximum absolute atomic E-state index is 13.1. The first kappa shape index (κ1) is 30.0. The van der Waals surface area contributed by atoms with E-state index < -0.39 is 18.6 Å². The maximum Gasteiger partial charge on any atom is 0.573 e. The van der Waals surface area contributed by atoms with Gasteiger partial charge in [0.15, 0.2) is 11.4 Å². The van der Waals surface area contributed by atoms with Gasteiger partial charge in [-0.05, 0) is 68.9 Å². The van der Waals surface area contributed by atoms with Crippen molar-refractivity contribution < 1.29 is 42.2 Å². The molecule has 1 aliphatic carbocycles. The number of carbonyl (C=O) groups excluding carboxylic acids is 1. The molecule has 2 aliphatic heterocycles. The number of nitrogens with zero attached hydrogens (tertiary/aromatic N) is 3. The molecule has 1 saturated carbocycles. The number of aromatic nitrogens is 2. The van der Waals surface area contributed by atoms with E-state index in [-0.39, 0.29) is 48.6 Å². The third-order valence-corrected chi connectivity index (χ3v) is 9.62. The number of aliphatic hydroxyl groups is 2. The lowest BCUT2D eigenvalue weighted by atomic mass is 10.00. The van der Waals surface area contributed by atoms with Crippen LogP contribution < -0.4 is 15.0 Å². The number of carbonyl (C=O) groups is 1. The number of anilines is 1. The number of halogens is 3. The summed E-state index contributed by atoms with van der Waals surface area (Å²) < 4.78 is 56.7. The number of aliphatic hydroxyl groups excluding tert-OH is 1. The molecule has 0 radical (unpaired) electrons. The number of ether oxygens (including phenoxy) is 2. The second-order valence-electron chi connectivity index (χ2n) is 11.8. The van der Waals surface area contributed by atoms with E-state index in [1.807, 2.05) is 0 Å². The number of nitrogens with one attached hydrogen (secondary N) is 1. The van der Waals surface area contributed by atoms with Gasteiger partial charge < -0.3 is 34.4 Å². The number of piperidine rings is 1. The molecule has 1 amide bonds. The number of hydrogen-bond acceptors (Lipinski definition) is 10. The Morgan fingerprint density at radius 3 is 2.58 bits per heavy atom. The van der Waals surface area contributed by atoms with Crippen molar-refractivity contribution in [2.75, 3.05) is 11.4 Å². The summed E-state index contributed by atoms with van der Waals surface area (Å²) in [7, 11) is 0. The predicted octanol–water partition coefficient (Wildman–Crippen LogP) is 5.48. The molecule has 2 saturated heterocycles. The molecule has 3 fully saturated rings. The summed E-state index contributed by atoms with van der Waals surface area (Å²) in [5, 5.41) is 25.6. The van der Waals surface area contributed by atoms with E-state index in [9.17, 15) is 18.0 Å². The topological polar surface area (TPSA) is 130 Å². The molecule has 3 N–H and O–H groups in total. The number of benzene rings is 2. The van der Waals surface area contributed by atoms with Crippen LogP contribution in [-0.4, -0.2) is 63.6 Å². The first-order chi connectivity index (χ1) is 21.6. The van der Waals surface area contributed by atoms with Gasteiger partial charge in [-0.3, -0.25) is 4.79 Å². The molecule has 2 aromatic heterocycles. The van der Waals surface area contributed by atoms with E-state index in [1.165, 1.54) is 23.5 Å². The molecule has 2 atom stereocenters. The third kappa shape index (κ3) is 6.37. The van der Waals surface area contributed by atoms with Gasteiger partial charge in [0.2, 0.25) is 0 Å². The fraction of sp³-hybridized carbons (Fsp3) is 0.452. The minimum Gasteiger partial charge on any atom is -0.405 e. The number of fused-ring (bicyclic) bond motifs is 3. The standard InChI is InChI=1S/C31H31F3N4O6S/c32-31(33,34)43-24-4-2-1-3-21(24)27-22(28(44-37-27)16-5-6-16)15-42-20-12-18-8-9-19(13-20)38(18)30-36-23-10-7-17(11-25(23)45-30)29(41)35-14-26(39)40/h1-4,7,10-11,16,18-20,26,39-40H,5-6,8-9,12-15H2,(H,35,41). The fourth-order valence-corrected chi connectivity index (χ4v) is 7.59. The molecular weight excluding hydrogens is 613 g/mol. The highest BCUT2D eigenvalue weighted by atomic mass is 32.1. The zero-order valence-electron chi connectivity index (χ0n) is 24.0. The average molecular weight is 645 g/mol. The van der Waals surface area contributed by atoms with E-state index in [0.29, 0.717) is 22.6 Å². The van der Waals surface area contributed by atoms with Crippen molar-refractivity contribution in [2.24, 2.45) is 0 Å². The van der Waals surface area contributed by atoms with Crippen LogP contribution in [0.1, 0.15) is 66.1 Å². The zero-order chi connectivity index (χ0) is 31.3. The Labute approximate surface area is 259 Å². The number of thiazole rings is 1. The smallest absolute Gasteiger partial charge is 0.405 e. The normalized spacial score (nSPS) is 21.6. The van der Waals surface area contributed by atoms with Crippen molar-refractivity contribution in [1.82, 2.24) is 15.5 Å². The van der Waals surface area contributed by atoms with Crippen LogP contribution in [0.2, 0.25) is 0 Å². The number of amides is 1. The van der Waals surface area contributed by atoms with Crippen LogP contribution in [-0.2, 0) is 11.3 Å². The highest BCUT2D eigenvalue weighted by Crippen LogP contribution is 2.47. The lowest BCUT2D eigenvalue weighted by molar-refractivity contribution is -0.274. The molecule has 2 bridgehead atoms. The lowest BCUT2D eigenvalue weighted by Gasteiger charge is -2.38. The molecule has 3 aliphatic rings. The minimum atomic E-state index is -4.84. The monoisotopic (exact) mass is 644 g/mol. The summed E-state index contributed by atoms with van der Waals surface area (Å²) in [6, 6.07) is 11.6. The van der Waals surface area contributed by atoms with Crippen molar-refractivity contribution in [3.8, 4) is 17.0 Å². The van der Waals surface area contributed by atoms with E-state index in [2.05, 4.69) is 20.1 Å². The molecule has 7 rings (SSSR count). The van der Waals surface area contributed by atoms with Crippen molar-refractivity contribution in [1.29, 1.82) is 0 Å². The van der Waals surface area contributed by atoms with Gasteiger partial charge in [-0.2, -0.15) is 0 Å². The van der Waals surface area contributed by atoms with Crippen LogP contribution in [0.4, 0.5) is 18.3 Å². The summed E-state index contributed by atoms with van der Waals surface area (Å²) in [5.74, 6) is 0.128. The van der Waals surface area contributed by atoms with Gasteiger partial charge in [-0.25, -0.2) is 4.98 Å². The average Bonchev–Trinajstić information content (AvgIpc) is 3.52. The molecule has 10 nitrogen and oxygen atoms in total. The second kappa shape index (κ2) is 11.9. The Hall–Kier alpha value is -3.72. The Bertz CT molecular complexity index is 1690. The minimum absolute atomic E-state index is 0.0539. The quantitative estimate of drug-likeness (QED) is 0.192. The van der Waals surface area contributed by atoms with Crippen LogP contribution in [0.5, 0.6) is 5.75 Å². The van der Waals surface area contributed by atoms with Gasteiger partial charge in [0.05, 0.1) is 29.5 Å². The molecule has 4 aromatic rings. The molecule has 0 spiro atoms. The van der Waals surface area contributed by atoms with Crippen molar-refractivity contribution in [2.45, 2.75) is 81.9 Å². The van der Waals surface area contributed by atoms with Gasteiger partial charge >= 0.3 is 6.36 Å². The zero-order valence-corrected chi connectivity index (χ0v) is 24.8. The van der Waals surface area contributed by atoms with E-state index in [0.717, 1.165) is 53.9 Å². The summed E-state index contributed by atoms with van der Waals surface area (Å²) in [6.45, 7) is -0.0837. The Balaban J connectivity index is 1.06. The predicted molar refractivity (Wildman–Crippen MR) is 158 cm³/mol. The van der Waals surface area contributed by atoms with Gasteiger partial charge in [-0.1, -0.05) is 28.6 Å². The maximum atomic E-state index is 13.1. The highest BCUT2D eigenvalue weighted by Gasteiger charge is 2.43. The van der Waals surface area contributed by atoms with Crippen LogP contribution in [0, 0.1) is 0 Å². The van der Waals surface area contributed by atoms with Crippen molar-refractivity contribution in [3.63, 3.8) is 0 Å². The molecule has 2 aromatic carbocycles. The van der Waals surface area contributed by atoms with E-state index in [1.54, 1.807) is 30.3 Å². The summed E-state index contributed by atoms with van der Waals surface area (Å²) >= 11 is 1.52. The van der Waals surface area contributed by atoms with E-state index >= 15 is 0 Å². The van der Waals surface area contributed by atoms with Crippen LogP contribution in [0.25, 0.3) is 21.5 Å². The largest absolute Gasteiger partial charge is 0.573 e. The van der Waals surface area contributed by atoms with Crippen LogP contribution in [0.3, 0.4) is 0 Å². The van der Waals surface area contributed by atoms with Gasteiger partial charge in [0, 0.05) is 34.7 Å². The summed E-state index contributed by atoms with van der Waals surface area (Å²) in [4.78, 5) is 19.6. The van der Waals surface area contributed by atoms with Gasteiger partial charge in [0.1, 0.15) is 17.2 Å². The van der Waals surface area contributed by atoms with Gasteiger partial charge in [-0.15, -0.1) is 13.2 Å². The fourth-order valence-electron chi connectivity index (χ4n) is 6.44. The molecular formula is C31H31F3N4O6S. The Morgan fingerprint density at radius 1 is 1.11 bits per heavy atom. The lowest BCUT2D eigenvalue weighted by Crippen LogP contribution is -2.45. The number of rotatable bonds is 10.